The Hall–Kier alpha value is -4.47. The van der Waals surface area contributed by atoms with Crippen molar-refractivity contribution in [3.05, 3.63) is 94.0 Å². The fourth-order valence-corrected chi connectivity index (χ4v) is 4.61. The number of carbonyl (C=O) groups excluding carboxylic acids is 2. The number of phenols is 2. The van der Waals surface area contributed by atoms with Gasteiger partial charge in [0.05, 0.1) is 11.4 Å². The van der Waals surface area contributed by atoms with Gasteiger partial charge in [0.25, 0.3) is 0 Å². The first-order chi connectivity index (χ1) is 21.7. The van der Waals surface area contributed by atoms with Crippen LogP contribution in [0.2, 0.25) is 0 Å². The molecule has 8 nitrogen and oxygen atoms in total. The van der Waals surface area contributed by atoms with Crippen LogP contribution in [0.15, 0.2) is 70.6 Å². The molecule has 47 heavy (non-hydrogen) atoms. The molecular formula is C38H44CoN2O6. The molecular weight excluding hydrogens is 639 g/mol. The zero-order valence-corrected chi connectivity index (χ0v) is 29.3. The van der Waals surface area contributed by atoms with Crippen molar-refractivity contribution in [1.29, 1.82) is 0 Å². The standard InChI is InChI=1S/C34H38N2O2.2C2H4O2.Co/c1-7-21(3)27-13-23(5)33(37)29(15-27)19-35-31-17-25-11-9-10-12-26(25)18-32(31)36-20-30-16-28(22(4)8-2)14-24(6)34(30)38;2*1-2(3)4;/h9-22,37-38H,7-8H2,1-6H3;2*1H3,(H,3,4);/q;;;+2/p-2. The molecule has 0 amide bonds. The van der Waals surface area contributed by atoms with E-state index in [1.54, 1.807) is 12.4 Å². The fraction of sp³-hybridized carbons (Fsp3) is 0.316. The van der Waals surface area contributed by atoms with Crippen molar-refractivity contribution < 1.29 is 46.8 Å². The van der Waals surface area contributed by atoms with E-state index in [-0.39, 0.29) is 28.3 Å². The summed E-state index contributed by atoms with van der Waals surface area (Å²) in [4.78, 5) is 27.4. The topological polar surface area (TPSA) is 145 Å². The van der Waals surface area contributed by atoms with Crippen LogP contribution in [0.25, 0.3) is 10.8 Å². The first-order valence-electron chi connectivity index (χ1n) is 15.3. The SMILES string of the molecule is CC(=O)[O-].CC(=O)[O-].CCC(C)c1cc(C)c(O)c(C=Nc2cc3ccccc3cc2N=Cc2cc(C(C)CC)cc(C)c2O)c1.[Co+2]. The smallest absolute Gasteiger partial charge is 0.550 e. The van der Waals surface area contributed by atoms with Crippen LogP contribution in [0.3, 0.4) is 0 Å². The second kappa shape index (κ2) is 19.2. The summed E-state index contributed by atoms with van der Waals surface area (Å²) in [5.74, 6) is -0.892. The minimum absolute atomic E-state index is 0. The molecule has 0 spiro atoms. The molecule has 0 fully saturated rings. The zero-order valence-electron chi connectivity index (χ0n) is 28.3. The number of hydrogen-bond acceptors (Lipinski definition) is 8. The van der Waals surface area contributed by atoms with Gasteiger partial charge in [-0.15, -0.1) is 0 Å². The number of rotatable bonds is 8. The summed E-state index contributed by atoms with van der Waals surface area (Å²) in [5, 5.41) is 41.4. The minimum atomic E-state index is -1.08. The van der Waals surface area contributed by atoms with E-state index in [9.17, 15) is 10.2 Å². The Kier molecular flexibility index (Phi) is 16.6. The third kappa shape index (κ3) is 12.3. The maximum Gasteiger partial charge on any atom is 2.00 e. The van der Waals surface area contributed by atoms with Gasteiger partial charge in [-0.2, -0.15) is 0 Å². The zero-order chi connectivity index (χ0) is 34.6. The molecule has 2 N–H and O–H groups in total. The maximum atomic E-state index is 10.7. The molecule has 2 unspecified atom stereocenters. The molecule has 0 saturated heterocycles. The fourth-order valence-electron chi connectivity index (χ4n) is 4.61. The number of carboxylic acids is 2. The van der Waals surface area contributed by atoms with Crippen LogP contribution < -0.4 is 10.2 Å². The first-order valence-corrected chi connectivity index (χ1v) is 15.3. The van der Waals surface area contributed by atoms with E-state index in [4.69, 9.17) is 29.8 Å². The van der Waals surface area contributed by atoms with Crippen molar-refractivity contribution >= 4 is 46.5 Å². The number of carboxylic acid groups (broad SMARTS) is 2. The van der Waals surface area contributed by atoms with Gasteiger partial charge in [0, 0.05) is 35.5 Å². The molecule has 2 atom stereocenters. The second-order valence-electron chi connectivity index (χ2n) is 11.4. The number of phenolic OH excluding ortho intramolecular Hbond substituents is 2. The Morgan fingerprint density at radius 1 is 0.702 bits per heavy atom. The monoisotopic (exact) mass is 683 g/mol. The Morgan fingerprint density at radius 3 is 1.32 bits per heavy atom. The van der Waals surface area contributed by atoms with E-state index in [0.29, 0.717) is 34.3 Å². The Balaban J connectivity index is 0.00000110. The summed E-state index contributed by atoms with van der Waals surface area (Å²) >= 11 is 0. The summed E-state index contributed by atoms with van der Waals surface area (Å²) in [6.45, 7) is 14.5. The van der Waals surface area contributed by atoms with E-state index in [1.807, 2.05) is 50.2 Å². The molecule has 0 saturated carbocycles. The van der Waals surface area contributed by atoms with Gasteiger partial charge in [-0.05, 0) is 110 Å². The van der Waals surface area contributed by atoms with Crippen molar-refractivity contribution in [1.82, 2.24) is 0 Å². The van der Waals surface area contributed by atoms with Crippen LogP contribution in [0.1, 0.15) is 99.6 Å². The van der Waals surface area contributed by atoms with E-state index in [1.165, 1.54) is 11.1 Å². The quantitative estimate of drug-likeness (QED) is 0.193. The van der Waals surface area contributed by atoms with Gasteiger partial charge in [0.15, 0.2) is 0 Å². The normalized spacial score (nSPS) is 12.0. The third-order valence-corrected chi connectivity index (χ3v) is 7.60. The summed E-state index contributed by atoms with van der Waals surface area (Å²) in [6, 6.07) is 20.3. The van der Waals surface area contributed by atoms with Gasteiger partial charge in [0.1, 0.15) is 11.5 Å². The molecule has 9 heteroatoms. The molecule has 0 aliphatic heterocycles. The minimum Gasteiger partial charge on any atom is -0.550 e. The van der Waals surface area contributed by atoms with Crippen LogP contribution >= 0.6 is 0 Å². The predicted octanol–water partition coefficient (Wildman–Crippen LogP) is 6.91. The van der Waals surface area contributed by atoms with Crippen molar-refractivity contribution in [2.45, 2.75) is 80.1 Å². The van der Waals surface area contributed by atoms with Crippen LogP contribution in [-0.4, -0.2) is 34.6 Å². The summed E-state index contributed by atoms with van der Waals surface area (Å²) in [7, 11) is 0. The molecule has 0 aliphatic rings. The molecule has 1 radical (unpaired) electrons. The summed E-state index contributed by atoms with van der Waals surface area (Å²) < 4.78 is 0. The Bertz CT molecular complexity index is 1600. The van der Waals surface area contributed by atoms with Gasteiger partial charge in [-0.1, -0.05) is 64.1 Å². The molecule has 0 heterocycles. The molecule has 4 aromatic carbocycles. The average Bonchev–Trinajstić information content (AvgIpc) is 3.00. The van der Waals surface area contributed by atoms with E-state index >= 15 is 0 Å². The number of fused-ring (bicyclic) bond motifs is 1. The van der Waals surface area contributed by atoms with Crippen LogP contribution in [0, 0.1) is 13.8 Å². The number of aromatic hydroxyl groups is 2. The van der Waals surface area contributed by atoms with Crippen LogP contribution in [0.4, 0.5) is 11.4 Å². The largest absolute Gasteiger partial charge is 2.00 e. The van der Waals surface area contributed by atoms with E-state index in [2.05, 4.69) is 52.0 Å². The van der Waals surface area contributed by atoms with E-state index < -0.39 is 11.9 Å². The molecule has 0 aliphatic carbocycles. The molecule has 0 aromatic heterocycles. The molecule has 4 aromatic rings. The number of aryl methyl sites for hydroxylation is 2. The molecule has 4 rings (SSSR count). The molecule has 251 valence electrons. The number of aliphatic carboxylic acids is 2. The second-order valence-corrected chi connectivity index (χ2v) is 11.4. The van der Waals surface area contributed by atoms with Crippen LogP contribution in [-0.2, 0) is 26.4 Å². The first kappa shape index (κ1) is 40.6. The number of aliphatic imine (C=N–C) groups is 2. The van der Waals surface area contributed by atoms with E-state index in [0.717, 1.165) is 48.6 Å². The van der Waals surface area contributed by atoms with Gasteiger partial charge in [-0.25, -0.2) is 0 Å². The maximum absolute atomic E-state index is 10.7. The summed E-state index contributed by atoms with van der Waals surface area (Å²) in [6.07, 6.45) is 5.49. The number of benzene rings is 4. The van der Waals surface area contributed by atoms with Gasteiger partial charge >= 0.3 is 16.8 Å². The number of nitrogens with zero attached hydrogens (tertiary/aromatic N) is 2. The number of hydrogen-bond donors (Lipinski definition) is 2. The molecule has 0 bridgehead atoms. The van der Waals surface area contributed by atoms with Gasteiger partial charge in [0.2, 0.25) is 0 Å². The third-order valence-electron chi connectivity index (χ3n) is 7.60. The van der Waals surface area contributed by atoms with Crippen molar-refractivity contribution in [2.75, 3.05) is 0 Å². The van der Waals surface area contributed by atoms with Crippen molar-refractivity contribution in [2.24, 2.45) is 9.98 Å². The average molecular weight is 684 g/mol. The Labute approximate surface area is 288 Å². The van der Waals surface area contributed by atoms with Crippen LogP contribution in [0.5, 0.6) is 11.5 Å². The summed E-state index contributed by atoms with van der Waals surface area (Å²) in [5.41, 5.74) is 6.83. The number of carbonyl (C=O) groups is 2. The Morgan fingerprint density at radius 2 is 1.02 bits per heavy atom. The predicted molar refractivity (Wildman–Crippen MR) is 183 cm³/mol. The van der Waals surface area contributed by atoms with Gasteiger partial charge in [-0.3, -0.25) is 9.98 Å². The van der Waals surface area contributed by atoms with Crippen molar-refractivity contribution in [3.63, 3.8) is 0 Å². The van der Waals surface area contributed by atoms with Gasteiger partial charge < -0.3 is 30.0 Å². The van der Waals surface area contributed by atoms with Crippen molar-refractivity contribution in [3.8, 4) is 11.5 Å².